The van der Waals surface area contributed by atoms with Crippen molar-refractivity contribution in [3.05, 3.63) is 29.1 Å². The van der Waals surface area contributed by atoms with Crippen LogP contribution in [-0.4, -0.2) is 17.6 Å². The molecule has 0 aliphatic rings. The van der Waals surface area contributed by atoms with Crippen LogP contribution >= 0.6 is 11.6 Å². The lowest BCUT2D eigenvalue weighted by Crippen LogP contribution is -2.23. The molecule has 0 saturated heterocycles. The molecule has 0 aromatic carbocycles. The predicted octanol–water partition coefficient (Wildman–Crippen LogP) is 1.47. The lowest BCUT2D eigenvalue weighted by molar-refractivity contribution is 0.0921. The lowest BCUT2D eigenvalue weighted by Gasteiger charge is -1.98. The van der Waals surface area contributed by atoms with Gasteiger partial charge in [0.05, 0.1) is 12.2 Å². The first-order valence-electron chi connectivity index (χ1n) is 3.64. The summed E-state index contributed by atoms with van der Waals surface area (Å²) in [6.45, 7) is 5.39. The molecule has 4 nitrogen and oxygen atoms in total. The third-order valence-electron chi connectivity index (χ3n) is 1.29. The minimum Gasteiger partial charge on any atom is -0.351 e. The molecule has 0 aliphatic heterocycles. The van der Waals surface area contributed by atoms with Gasteiger partial charge in [-0.2, -0.15) is 0 Å². The average Bonchev–Trinajstić information content (AvgIpc) is 2.47. The van der Waals surface area contributed by atoms with Crippen molar-refractivity contribution in [2.24, 2.45) is 0 Å². The number of aryl methyl sites for hydroxylation is 1. The van der Waals surface area contributed by atoms with Crippen molar-refractivity contribution >= 4 is 17.5 Å². The first-order chi connectivity index (χ1) is 6.09. The topological polar surface area (TPSA) is 55.1 Å². The van der Waals surface area contributed by atoms with Crippen LogP contribution in [0.25, 0.3) is 0 Å². The van der Waals surface area contributed by atoms with Crippen molar-refractivity contribution in [1.29, 1.82) is 0 Å². The highest BCUT2D eigenvalue weighted by Crippen LogP contribution is 2.02. The highest BCUT2D eigenvalue weighted by molar-refractivity contribution is 6.29. The number of rotatable bonds is 3. The van der Waals surface area contributed by atoms with Gasteiger partial charge in [-0.15, -0.1) is 0 Å². The fraction of sp³-hybridized carbons (Fsp3) is 0.250. The molecule has 70 valence electrons. The van der Waals surface area contributed by atoms with E-state index in [1.165, 1.54) is 0 Å². The van der Waals surface area contributed by atoms with Crippen LogP contribution in [0.3, 0.4) is 0 Å². The molecule has 0 unspecified atom stereocenters. The predicted molar refractivity (Wildman–Crippen MR) is 48.6 cm³/mol. The molecule has 1 aromatic rings. The molecule has 0 bridgehead atoms. The van der Waals surface area contributed by atoms with Gasteiger partial charge in [-0.05, 0) is 6.92 Å². The van der Waals surface area contributed by atoms with Crippen LogP contribution in [0.4, 0.5) is 0 Å². The minimum absolute atomic E-state index is 0.176. The first-order valence-corrected chi connectivity index (χ1v) is 4.02. The molecule has 1 aromatic heterocycles. The summed E-state index contributed by atoms with van der Waals surface area (Å²) < 4.78 is 4.72. The van der Waals surface area contributed by atoms with E-state index in [9.17, 15) is 4.79 Å². The Morgan fingerprint density at radius 2 is 2.54 bits per heavy atom. The number of amides is 1. The normalized spacial score (nSPS) is 9.69. The van der Waals surface area contributed by atoms with E-state index in [1.54, 1.807) is 13.0 Å². The van der Waals surface area contributed by atoms with Gasteiger partial charge < -0.3 is 9.84 Å². The lowest BCUT2D eigenvalue weighted by atomic mass is 10.3. The summed E-state index contributed by atoms with van der Waals surface area (Å²) in [5, 5.41) is 6.45. The summed E-state index contributed by atoms with van der Waals surface area (Å²) in [7, 11) is 0. The van der Waals surface area contributed by atoms with Crippen molar-refractivity contribution < 1.29 is 9.32 Å². The van der Waals surface area contributed by atoms with Crippen LogP contribution in [-0.2, 0) is 0 Å². The largest absolute Gasteiger partial charge is 0.351 e. The Morgan fingerprint density at radius 3 is 3.00 bits per heavy atom. The van der Waals surface area contributed by atoms with Gasteiger partial charge in [0, 0.05) is 11.1 Å². The van der Waals surface area contributed by atoms with Gasteiger partial charge in [0.1, 0.15) is 0 Å². The van der Waals surface area contributed by atoms with Gasteiger partial charge in [0.2, 0.25) is 5.76 Å². The molecule has 0 fully saturated rings. The molecular formula is C8H9ClN2O2. The molecule has 5 heteroatoms. The summed E-state index contributed by atoms with van der Waals surface area (Å²) in [6.07, 6.45) is 0. The second kappa shape index (κ2) is 4.09. The van der Waals surface area contributed by atoms with Gasteiger partial charge in [-0.1, -0.05) is 23.3 Å². The molecule has 13 heavy (non-hydrogen) atoms. The van der Waals surface area contributed by atoms with Crippen LogP contribution in [0.1, 0.15) is 16.2 Å². The number of nitrogens with zero attached hydrogens (tertiary/aromatic N) is 1. The van der Waals surface area contributed by atoms with Gasteiger partial charge >= 0.3 is 0 Å². The van der Waals surface area contributed by atoms with Crippen molar-refractivity contribution in [2.75, 3.05) is 6.54 Å². The van der Waals surface area contributed by atoms with Crippen LogP contribution in [0, 0.1) is 6.92 Å². The fourth-order valence-electron chi connectivity index (χ4n) is 0.734. The Morgan fingerprint density at radius 1 is 1.85 bits per heavy atom. The fourth-order valence-corrected chi connectivity index (χ4v) is 0.801. The smallest absolute Gasteiger partial charge is 0.290 e. The van der Waals surface area contributed by atoms with E-state index in [-0.39, 0.29) is 18.2 Å². The zero-order valence-corrected chi connectivity index (χ0v) is 7.89. The molecule has 0 saturated carbocycles. The molecule has 1 heterocycles. The summed E-state index contributed by atoms with van der Waals surface area (Å²) in [5.41, 5.74) is 0.662. The number of carbonyl (C=O) groups excluding carboxylic acids is 1. The molecule has 1 rings (SSSR count). The highest BCUT2D eigenvalue weighted by Gasteiger charge is 2.10. The number of hydrogen-bond donors (Lipinski definition) is 1. The van der Waals surface area contributed by atoms with E-state index < -0.39 is 0 Å². The summed E-state index contributed by atoms with van der Waals surface area (Å²) in [6, 6.07) is 1.55. The number of carbonyl (C=O) groups is 1. The van der Waals surface area contributed by atoms with Crippen LogP contribution in [0.5, 0.6) is 0 Å². The molecule has 0 radical (unpaired) electrons. The maximum atomic E-state index is 11.2. The number of aromatic nitrogens is 1. The van der Waals surface area contributed by atoms with Crippen molar-refractivity contribution in [2.45, 2.75) is 6.92 Å². The van der Waals surface area contributed by atoms with E-state index in [0.717, 1.165) is 0 Å². The quantitative estimate of drug-likeness (QED) is 0.804. The van der Waals surface area contributed by atoms with Gasteiger partial charge in [-0.3, -0.25) is 4.79 Å². The van der Waals surface area contributed by atoms with Crippen LogP contribution < -0.4 is 5.32 Å². The minimum atomic E-state index is -0.345. The van der Waals surface area contributed by atoms with Crippen molar-refractivity contribution in [1.82, 2.24) is 10.5 Å². The zero-order valence-electron chi connectivity index (χ0n) is 7.13. The van der Waals surface area contributed by atoms with E-state index >= 15 is 0 Å². The Bertz CT molecular complexity index is 333. The molecule has 1 N–H and O–H groups in total. The Kier molecular flexibility index (Phi) is 3.08. The third-order valence-corrected chi connectivity index (χ3v) is 1.43. The van der Waals surface area contributed by atoms with E-state index in [0.29, 0.717) is 10.7 Å². The van der Waals surface area contributed by atoms with Gasteiger partial charge in [0.15, 0.2) is 0 Å². The number of halogens is 1. The molecule has 1 amide bonds. The summed E-state index contributed by atoms with van der Waals surface area (Å²) in [5.74, 6) is -0.169. The van der Waals surface area contributed by atoms with Crippen LogP contribution in [0.15, 0.2) is 22.2 Å². The van der Waals surface area contributed by atoms with E-state index in [1.807, 2.05) is 0 Å². The Hall–Kier alpha value is -1.29. The number of nitrogens with one attached hydrogen (secondary N) is 1. The Balaban J connectivity index is 2.54. The average molecular weight is 201 g/mol. The van der Waals surface area contributed by atoms with Crippen LogP contribution in [0.2, 0.25) is 0 Å². The second-order valence-corrected chi connectivity index (χ2v) is 3.07. The SMILES string of the molecule is C=C(Cl)CNC(=O)c1cc(C)no1. The van der Waals surface area contributed by atoms with Crippen molar-refractivity contribution in [3.63, 3.8) is 0 Å². The first kappa shape index (κ1) is 9.80. The molecule has 0 spiro atoms. The molecular weight excluding hydrogens is 192 g/mol. The monoisotopic (exact) mass is 200 g/mol. The maximum Gasteiger partial charge on any atom is 0.290 e. The van der Waals surface area contributed by atoms with E-state index in [4.69, 9.17) is 16.1 Å². The highest BCUT2D eigenvalue weighted by atomic mass is 35.5. The Labute approximate surface area is 80.5 Å². The maximum absolute atomic E-state index is 11.2. The van der Waals surface area contributed by atoms with Gasteiger partial charge in [0.25, 0.3) is 5.91 Å². The summed E-state index contributed by atoms with van der Waals surface area (Å²) >= 11 is 5.46. The molecule has 0 atom stereocenters. The standard InChI is InChI=1S/C8H9ClN2O2/c1-5(9)4-10-8(12)7-3-6(2)11-13-7/h3H,1,4H2,2H3,(H,10,12). The zero-order chi connectivity index (χ0) is 9.84. The third kappa shape index (κ3) is 2.91. The second-order valence-electron chi connectivity index (χ2n) is 2.53. The molecule has 0 aliphatic carbocycles. The summed E-state index contributed by atoms with van der Waals surface area (Å²) in [4.78, 5) is 11.2. The number of hydrogen-bond acceptors (Lipinski definition) is 3. The van der Waals surface area contributed by atoms with Crippen molar-refractivity contribution in [3.8, 4) is 0 Å². The van der Waals surface area contributed by atoms with E-state index in [2.05, 4.69) is 17.1 Å². The van der Waals surface area contributed by atoms with Gasteiger partial charge in [-0.25, -0.2) is 0 Å².